The third kappa shape index (κ3) is 2.31. The van der Waals surface area contributed by atoms with E-state index in [9.17, 15) is 9.59 Å². The van der Waals surface area contributed by atoms with Gasteiger partial charge in [-0.25, -0.2) is 9.59 Å². The molecule has 0 saturated carbocycles. The van der Waals surface area contributed by atoms with Crippen molar-refractivity contribution in [2.24, 2.45) is 0 Å². The first-order valence-corrected chi connectivity index (χ1v) is 8.02. The van der Waals surface area contributed by atoms with Crippen LogP contribution in [0.1, 0.15) is 30.1 Å². The van der Waals surface area contributed by atoms with Gasteiger partial charge in [0.05, 0.1) is 0 Å². The van der Waals surface area contributed by atoms with Gasteiger partial charge in [0.15, 0.2) is 0 Å². The van der Waals surface area contributed by atoms with Gasteiger partial charge in [0.2, 0.25) is 0 Å². The SMILES string of the molecule is O=C(O)C(=O)OC1CCCc2c1ccc1c2ccc2ccccc21. The molecule has 1 unspecified atom stereocenters. The van der Waals surface area contributed by atoms with Crippen LogP contribution in [-0.2, 0) is 20.7 Å². The monoisotopic (exact) mass is 320 g/mol. The molecule has 3 aromatic rings. The number of esters is 1. The van der Waals surface area contributed by atoms with Crippen molar-refractivity contribution >= 4 is 33.5 Å². The van der Waals surface area contributed by atoms with E-state index in [0.29, 0.717) is 6.42 Å². The van der Waals surface area contributed by atoms with Crippen molar-refractivity contribution in [1.82, 2.24) is 0 Å². The Balaban J connectivity index is 1.86. The minimum atomic E-state index is -1.55. The van der Waals surface area contributed by atoms with Crippen LogP contribution in [0.4, 0.5) is 0 Å². The predicted octanol–water partition coefficient (Wildman–Crippen LogP) is 4.00. The van der Waals surface area contributed by atoms with Crippen LogP contribution < -0.4 is 0 Å². The molecule has 0 aliphatic heterocycles. The molecule has 1 N–H and O–H groups in total. The zero-order chi connectivity index (χ0) is 16.7. The molecule has 3 aromatic carbocycles. The number of carbonyl (C=O) groups is 2. The fourth-order valence-corrected chi connectivity index (χ4v) is 3.67. The van der Waals surface area contributed by atoms with Crippen LogP contribution in [0.5, 0.6) is 0 Å². The van der Waals surface area contributed by atoms with Crippen molar-refractivity contribution in [3.63, 3.8) is 0 Å². The number of aliphatic carboxylic acids is 1. The van der Waals surface area contributed by atoms with Crippen molar-refractivity contribution in [2.75, 3.05) is 0 Å². The van der Waals surface area contributed by atoms with E-state index in [2.05, 4.69) is 24.3 Å². The minimum absolute atomic E-state index is 0.478. The average Bonchev–Trinajstić information content (AvgIpc) is 2.61. The first-order chi connectivity index (χ1) is 11.6. The van der Waals surface area contributed by atoms with Crippen molar-refractivity contribution in [2.45, 2.75) is 25.4 Å². The van der Waals surface area contributed by atoms with Crippen molar-refractivity contribution in [3.8, 4) is 0 Å². The van der Waals surface area contributed by atoms with E-state index in [4.69, 9.17) is 9.84 Å². The lowest BCUT2D eigenvalue weighted by atomic mass is 9.85. The fraction of sp³-hybridized carbons (Fsp3) is 0.200. The third-order valence-electron chi connectivity index (χ3n) is 4.74. The van der Waals surface area contributed by atoms with Gasteiger partial charge in [-0.3, -0.25) is 0 Å². The lowest BCUT2D eigenvalue weighted by Gasteiger charge is -2.26. The highest BCUT2D eigenvalue weighted by molar-refractivity contribution is 6.28. The second-order valence-electron chi connectivity index (χ2n) is 6.11. The number of fused-ring (bicyclic) bond motifs is 5. The van der Waals surface area contributed by atoms with Gasteiger partial charge >= 0.3 is 11.9 Å². The Bertz CT molecular complexity index is 974. The van der Waals surface area contributed by atoms with Crippen molar-refractivity contribution < 1.29 is 19.4 Å². The smallest absolute Gasteiger partial charge is 0.417 e. The van der Waals surface area contributed by atoms with Crippen LogP contribution in [-0.4, -0.2) is 17.0 Å². The van der Waals surface area contributed by atoms with Crippen LogP contribution >= 0.6 is 0 Å². The summed E-state index contributed by atoms with van der Waals surface area (Å²) >= 11 is 0. The first-order valence-electron chi connectivity index (χ1n) is 8.02. The van der Waals surface area contributed by atoms with Gasteiger partial charge in [-0.1, -0.05) is 48.5 Å². The third-order valence-corrected chi connectivity index (χ3v) is 4.74. The standard InChI is InChI=1S/C20H16O4/c21-19(22)20(23)24-18-7-3-6-14-16-9-8-12-4-1-2-5-13(12)15(16)10-11-17(14)18/h1-2,4-5,8-11,18H,3,6-7H2,(H,21,22). The van der Waals surface area contributed by atoms with Crippen LogP contribution in [0.3, 0.4) is 0 Å². The molecular formula is C20H16O4. The molecule has 0 radical (unpaired) electrons. The van der Waals surface area contributed by atoms with E-state index in [1.807, 2.05) is 24.3 Å². The second kappa shape index (κ2) is 5.64. The summed E-state index contributed by atoms with van der Waals surface area (Å²) in [6, 6.07) is 16.5. The van der Waals surface area contributed by atoms with Crippen molar-refractivity contribution in [1.29, 1.82) is 0 Å². The van der Waals surface area contributed by atoms with E-state index in [0.717, 1.165) is 29.4 Å². The normalized spacial score (nSPS) is 16.8. The molecular weight excluding hydrogens is 304 g/mol. The van der Waals surface area contributed by atoms with Gasteiger partial charge < -0.3 is 9.84 Å². The summed E-state index contributed by atoms with van der Waals surface area (Å²) in [5, 5.41) is 13.5. The zero-order valence-corrected chi connectivity index (χ0v) is 13.0. The van der Waals surface area contributed by atoms with E-state index >= 15 is 0 Å². The van der Waals surface area contributed by atoms with Gasteiger partial charge in [0.1, 0.15) is 6.10 Å². The highest BCUT2D eigenvalue weighted by Crippen LogP contribution is 2.38. The number of carboxylic acid groups (broad SMARTS) is 1. The highest BCUT2D eigenvalue weighted by Gasteiger charge is 2.27. The molecule has 120 valence electrons. The Hall–Kier alpha value is -2.88. The van der Waals surface area contributed by atoms with Crippen LogP contribution in [0.15, 0.2) is 48.5 Å². The Morgan fingerprint density at radius 1 is 0.958 bits per heavy atom. The lowest BCUT2D eigenvalue weighted by molar-refractivity contribution is -0.168. The topological polar surface area (TPSA) is 63.6 Å². The molecule has 1 atom stereocenters. The molecule has 0 spiro atoms. The van der Waals surface area contributed by atoms with Gasteiger partial charge in [-0.2, -0.15) is 0 Å². The lowest BCUT2D eigenvalue weighted by Crippen LogP contribution is -2.22. The number of rotatable bonds is 1. The molecule has 4 heteroatoms. The average molecular weight is 320 g/mol. The molecule has 4 nitrogen and oxygen atoms in total. The minimum Gasteiger partial charge on any atom is -0.473 e. The summed E-state index contributed by atoms with van der Waals surface area (Å²) in [6.45, 7) is 0. The number of carboxylic acids is 1. The Morgan fingerprint density at radius 3 is 2.58 bits per heavy atom. The van der Waals surface area contributed by atoms with Crippen LogP contribution in [0, 0.1) is 0 Å². The molecule has 4 rings (SSSR count). The van der Waals surface area contributed by atoms with Gasteiger partial charge in [0, 0.05) is 0 Å². The van der Waals surface area contributed by atoms with Gasteiger partial charge in [-0.15, -0.1) is 0 Å². The Labute approximate surface area is 138 Å². The number of hydrogen-bond acceptors (Lipinski definition) is 3. The van der Waals surface area contributed by atoms with Gasteiger partial charge in [0.25, 0.3) is 0 Å². The van der Waals surface area contributed by atoms with E-state index in [1.54, 1.807) is 0 Å². The molecule has 0 amide bonds. The molecule has 24 heavy (non-hydrogen) atoms. The highest BCUT2D eigenvalue weighted by atomic mass is 16.6. The molecule has 0 saturated heterocycles. The van der Waals surface area contributed by atoms with E-state index < -0.39 is 18.0 Å². The molecule has 0 fully saturated rings. The number of aryl methyl sites for hydroxylation is 1. The number of ether oxygens (including phenoxy) is 1. The summed E-state index contributed by atoms with van der Waals surface area (Å²) in [5.74, 6) is -2.74. The maximum atomic E-state index is 11.4. The summed E-state index contributed by atoms with van der Waals surface area (Å²) in [5.41, 5.74) is 2.09. The Kier molecular flexibility index (Phi) is 3.45. The predicted molar refractivity (Wildman–Crippen MR) is 90.9 cm³/mol. The second-order valence-corrected chi connectivity index (χ2v) is 6.11. The van der Waals surface area contributed by atoms with Gasteiger partial charge in [-0.05, 0) is 51.9 Å². The van der Waals surface area contributed by atoms with Crippen molar-refractivity contribution in [3.05, 3.63) is 59.7 Å². The largest absolute Gasteiger partial charge is 0.473 e. The summed E-state index contributed by atoms with van der Waals surface area (Å²) in [6.07, 6.45) is 1.96. The van der Waals surface area contributed by atoms with Crippen LogP contribution in [0.25, 0.3) is 21.5 Å². The summed E-state index contributed by atoms with van der Waals surface area (Å²) in [4.78, 5) is 22.2. The van der Waals surface area contributed by atoms with E-state index in [1.165, 1.54) is 16.2 Å². The quantitative estimate of drug-likeness (QED) is 0.418. The maximum absolute atomic E-state index is 11.4. The number of carbonyl (C=O) groups excluding carboxylic acids is 1. The maximum Gasteiger partial charge on any atom is 0.417 e. The molecule has 0 bridgehead atoms. The zero-order valence-electron chi connectivity index (χ0n) is 13.0. The van der Waals surface area contributed by atoms with Crippen LogP contribution in [0.2, 0.25) is 0 Å². The number of benzene rings is 3. The Morgan fingerprint density at radius 2 is 1.75 bits per heavy atom. The molecule has 1 aliphatic carbocycles. The summed E-state index contributed by atoms with van der Waals surface area (Å²) in [7, 11) is 0. The fourth-order valence-electron chi connectivity index (χ4n) is 3.67. The summed E-state index contributed by atoms with van der Waals surface area (Å²) < 4.78 is 5.18. The molecule has 0 aromatic heterocycles. The first kappa shape index (κ1) is 14.7. The number of hydrogen-bond donors (Lipinski definition) is 1. The molecule has 1 aliphatic rings. The molecule has 0 heterocycles. The van der Waals surface area contributed by atoms with E-state index in [-0.39, 0.29) is 0 Å².